The van der Waals surface area contributed by atoms with Crippen LogP contribution in [-0.2, 0) is 4.74 Å². The van der Waals surface area contributed by atoms with E-state index in [4.69, 9.17) is 21.1 Å². The highest BCUT2D eigenvalue weighted by Crippen LogP contribution is 2.26. The van der Waals surface area contributed by atoms with Crippen molar-refractivity contribution in [1.82, 2.24) is 5.32 Å². The van der Waals surface area contributed by atoms with Gasteiger partial charge in [-0.3, -0.25) is 0 Å². The van der Waals surface area contributed by atoms with Crippen LogP contribution in [0.25, 0.3) is 0 Å². The van der Waals surface area contributed by atoms with E-state index in [2.05, 4.69) is 10.6 Å². The Morgan fingerprint density at radius 1 is 1.41 bits per heavy atom. The van der Waals surface area contributed by atoms with Gasteiger partial charge in [0.15, 0.2) is 0 Å². The lowest BCUT2D eigenvalue weighted by molar-refractivity contribution is 0.198. The van der Waals surface area contributed by atoms with Gasteiger partial charge in [-0.05, 0) is 18.2 Å². The fourth-order valence-corrected chi connectivity index (χ4v) is 1.44. The van der Waals surface area contributed by atoms with Gasteiger partial charge < -0.3 is 20.1 Å². The third kappa shape index (κ3) is 4.50. The van der Waals surface area contributed by atoms with Crippen LogP contribution >= 0.6 is 11.6 Å². The Hall–Kier alpha value is -1.46. The molecule has 17 heavy (non-hydrogen) atoms. The zero-order valence-corrected chi connectivity index (χ0v) is 10.5. The monoisotopic (exact) mass is 258 g/mol. The SMILES string of the molecule is COCCNC(=O)Nc1ccc(OC)c(Cl)c1. The highest BCUT2D eigenvalue weighted by molar-refractivity contribution is 6.32. The highest BCUT2D eigenvalue weighted by Gasteiger charge is 2.04. The van der Waals surface area contributed by atoms with Gasteiger partial charge in [-0.1, -0.05) is 11.6 Å². The van der Waals surface area contributed by atoms with E-state index in [9.17, 15) is 4.79 Å². The van der Waals surface area contributed by atoms with E-state index in [1.54, 1.807) is 25.3 Å². The molecule has 1 rings (SSSR count). The van der Waals surface area contributed by atoms with Gasteiger partial charge >= 0.3 is 6.03 Å². The van der Waals surface area contributed by atoms with Crippen LogP contribution in [0.3, 0.4) is 0 Å². The standard InChI is InChI=1S/C11H15ClN2O3/c1-16-6-5-13-11(15)14-8-3-4-10(17-2)9(12)7-8/h3-4,7H,5-6H2,1-2H3,(H2,13,14,15). The van der Waals surface area contributed by atoms with Crippen LogP contribution in [0.2, 0.25) is 5.02 Å². The molecule has 0 aromatic heterocycles. The minimum atomic E-state index is -0.303. The summed E-state index contributed by atoms with van der Waals surface area (Å²) in [5, 5.41) is 5.72. The second kappa shape index (κ2) is 6.98. The smallest absolute Gasteiger partial charge is 0.319 e. The Labute approximate surface area is 105 Å². The van der Waals surface area contributed by atoms with Gasteiger partial charge in [-0.25, -0.2) is 4.79 Å². The molecule has 0 spiro atoms. The fourth-order valence-electron chi connectivity index (χ4n) is 1.19. The van der Waals surface area contributed by atoms with Crippen LogP contribution in [0.5, 0.6) is 5.75 Å². The topological polar surface area (TPSA) is 59.6 Å². The average Bonchev–Trinajstić information content (AvgIpc) is 2.29. The molecule has 0 bridgehead atoms. The Balaban J connectivity index is 2.51. The number of benzene rings is 1. The number of urea groups is 1. The van der Waals surface area contributed by atoms with Crippen molar-refractivity contribution in [1.29, 1.82) is 0 Å². The lowest BCUT2D eigenvalue weighted by Gasteiger charge is -2.09. The number of amides is 2. The van der Waals surface area contributed by atoms with E-state index in [0.717, 1.165) is 0 Å². The molecule has 0 aliphatic heterocycles. The van der Waals surface area contributed by atoms with Gasteiger partial charge in [0, 0.05) is 19.3 Å². The van der Waals surface area contributed by atoms with E-state index < -0.39 is 0 Å². The second-order valence-electron chi connectivity index (χ2n) is 3.22. The quantitative estimate of drug-likeness (QED) is 0.796. The van der Waals surface area contributed by atoms with Crippen molar-refractivity contribution < 1.29 is 14.3 Å². The van der Waals surface area contributed by atoms with Gasteiger partial charge in [-0.15, -0.1) is 0 Å². The molecule has 0 aliphatic rings. The Morgan fingerprint density at radius 3 is 2.76 bits per heavy atom. The number of rotatable bonds is 5. The summed E-state index contributed by atoms with van der Waals surface area (Å²) in [6, 6.07) is 4.72. The van der Waals surface area contributed by atoms with Gasteiger partial charge in [0.2, 0.25) is 0 Å². The predicted octanol–water partition coefficient (Wildman–Crippen LogP) is 2.12. The molecule has 5 nitrogen and oxygen atoms in total. The van der Waals surface area contributed by atoms with Crippen molar-refractivity contribution in [2.24, 2.45) is 0 Å². The van der Waals surface area contributed by atoms with E-state index in [1.807, 2.05) is 0 Å². The summed E-state index contributed by atoms with van der Waals surface area (Å²) < 4.78 is 9.82. The molecular weight excluding hydrogens is 244 g/mol. The van der Waals surface area contributed by atoms with E-state index in [1.165, 1.54) is 7.11 Å². The van der Waals surface area contributed by atoms with Gasteiger partial charge in [-0.2, -0.15) is 0 Å². The summed E-state index contributed by atoms with van der Waals surface area (Å²) in [6.45, 7) is 0.920. The van der Waals surface area contributed by atoms with Crippen LogP contribution in [0, 0.1) is 0 Å². The van der Waals surface area contributed by atoms with E-state index >= 15 is 0 Å². The number of ether oxygens (including phenoxy) is 2. The largest absolute Gasteiger partial charge is 0.495 e. The molecule has 0 aliphatic carbocycles. The molecule has 0 radical (unpaired) electrons. The minimum absolute atomic E-state index is 0.303. The van der Waals surface area contributed by atoms with E-state index in [0.29, 0.717) is 29.6 Å². The highest BCUT2D eigenvalue weighted by atomic mass is 35.5. The molecule has 0 saturated carbocycles. The van der Waals surface area contributed by atoms with Gasteiger partial charge in [0.25, 0.3) is 0 Å². The third-order valence-corrected chi connectivity index (χ3v) is 2.30. The maximum atomic E-state index is 11.4. The molecule has 94 valence electrons. The second-order valence-corrected chi connectivity index (χ2v) is 3.63. The Bertz CT molecular complexity index is 385. The summed E-state index contributed by atoms with van der Waals surface area (Å²) in [5.74, 6) is 0.567. The van der Waals surface area contributed by atoms with Crippen LogP contribution in [0.1, 0.15) is 0 Å². The normalized spacial score (nSPS) is 9.82. The molecule has 0 atom stereocenters. The molecule has 1 aromatic carbocycles. The Morgan fingerprint density at radius 2 is 2.18 bits per heavy atom. The van der Waals surface area contributed by atoms with Crippen LogP contribution < -0.4 is 15.4 Å². The van der Waals surface area contributed by atoms with Gasteiger partial charge in [0.1, 0.15) is 5.75 Å². The molecule has 1 aromatic rings. The maximum Gasteiger partial charge on any atom is 0.319 e. The third-order valence-electron chi connectivity index (χ3n) is 2.00. The fraction of sp³-hybridized carbons (Fsp3) is 0.364. The lowest BCUT2D eigenvalue weighted by atomic mass is 10.3. The van der Waals surface area contributed by atoms with Crippen molar-refractivity contribution in [2.45, 2.75) is 0 Å². The first kappa shape index (κ1) is 13.6. The summed E-state index contributed by atoms with van der Waals surface area (Å²) >= 11 is 5.92. The number of methoxy groups -OCH3 is 2. The maximum absolute atomic E-state index is 11.4. The van der Waals surface area contributed by atoms with Crippen LogP contribution in [0.4, 0.5) is 10.5 Å². The summed E-state index contributed by atoms with van der Waals surface area (Å²) in [4.78, 5) is 11.4. The lowest BCUT2D eigenvalue weighted by Crippen LogP contribution is -2.31. The van der Waals surface area contributed by atoms with Crippen molar-refractivity contribution >= 4 is 23.3 Å². The zero-order valence-electron chi connectivity index (χ0n) is 9.75. The number of anilines is 1. The van der Waals surface area contributed by atoms with Crippen LogP contribution in [-0.4, -0.2) is 33.4 Å². The first-order chi connectivity index (χ1) is 8.17. The first-order valence-corrected chi connectivity index (χ1v) is 5.42. The molecular formula is C11H15ClN2O3. The molecule has 0 heterocycles. The average molecular weight is 259 g/mol. The number of carbonyl (C=O) groups excluding carboxylic acids is 1. The van der Waals surface area contributed by atoms with Gasteiger partial charge in [0.05, 0.1) is 18.7 Å². The van der Waals surface area contributed by atoms with Crippen molar-refractivity contribution in [3.05, 3.63) is 23.2 Å². The predicted molar refractivity (Wildman–Crippen MR) is 66.9 cm³/mol. The number of halogens is 1. The molecule has 0 unspecified atom stereocenters. The molecule has 2 amide bonds. The van der Waals surface area contributed by atoms with Crippen molar-refractivity contribution in [2.75, 3.05) is 32.7 Å². The number of hydrogen-bond acceptors (Lipinski definition) is 3. The summed E-state index contributed by atoms with van der Waals surface area (Å²) in [6.07, 6.45) is 0. The summed E-state index contributed by atoms with van der Waals surface area (Å²) in [5.41, 5.74) is 0.603. The minimum Gasteiger partial charge on any atom is -0.495 e. The summed E-state index contributed by atoms with van der Waals surface area (Å²) in [7, 11) is 3.11. The van der Waals surface area contributed by atoms with Crippen molar-refractivity contribution in [3.8, 4) is 5.75 Å². The number of hydrogen-bond donors (Lipinski definition) is 2. The van der Waals surface area contributed by atoms with E-state index in [-0.39, 0.29) is 6.03 Å². The van der Waals surface area contributed by atoms with Crippen molar-refractivity contribution in [3.63, 3.8) is 0 Å². The van der Waals surface area contributed by atoms with Crippen LogP contribution in [0.15, 0.2) is 18.2 Å². The molecule has 0 fully saturated rings. The molecule has 0 saturated heterocycles. The zero-order chi connectivity index (χ0) is 12.7. The number of carbonyl (C=O) groups is 1. The Kier molecular flexibility index (Phi) is 5.59. The molecule has 6 heteroatoms. The first-order valence-electron chi connectivity index (χ1n) is 5.04. The number of nitrogens with one attached hydrogen (secondary N) is 2. The molecule has 2 N–H and O–H groups in total.